The van der Waals surface area contributed by atoms with E-state index in [1.165, 1.54) is 24.0 Å². The van der Waals surface area contributed by atoms with Crippen LogP contribution in [0.25, 0.3) is 11.1 Å². The summed E-state index contributed by atoms with van der Waals surface area (Å²) >= 11 is 0. The molecule has 1 unspecified atom stereocenters. The number of rotatable bonds is 7. The number of unbranched alkanes of at least 4 members (excludes halogenated alkanes) is 1. The van der Waals surface area contributed by atoms with Crippen LogP contribution in [0.4, 0.5) is 0 Å². The molecule has 1 N–H and O–H groups in total. The van der Waals surface area contributed by atoms with E-state index < -0.39 is 6.10 Å². The molecule has 1 atom stereocenters. The zero-order valence-corrected chi connectivity index (χ0v) is 13.0. The molecule has 0 saturated heterocycles. The average molecular weight is 283 g/mol. The maximum atomic E-state index is 10.3. The van der Waals surface area contributed by atoms with E-state index in [0.29, 0.717) is 6.54 Å². The van der Waals surface area contributed by atoms with Crippen molar-refractivity contribution in [3.8, 4) is 11.1 Å². The third-order valence-electron chi connectivity index (χ3n) is 3.78. The average Bonchev–Trinajstić information content (AvgIpc) is 2.54. The van der Waals surface area contributed by atoms with Crippen LogP contribution in [0.2, 0.25) is 0 Å². The lowest BCUT2D eigenvalue weighted by atomic mass is 10.0. The molecule has 2 aromatic rings. The Morgan fingerprint density at radius 3 is 2.19 bits per heavy atom. The Bertz CT molecular complexity index is 521. The topological polar surface area (TPSA) is 23.5 Å². The van der Waals surface area contributed by atoms with Gasteiger partial charge in [-0.25, -0.2) is 0 Å². The molecule has 2 nitrogen and oxygen atoms in total. The second-order valence-electron chi connectivity index (χ2n) is 5.62. The normalized spacial score (nSPS) is 12.6. The van der Waals surface area contributed by atoms with Gasteiger partial charge in [0.1, 0.15) is 0 Å². The minimum Gasteiger partial charge on any atom is -0.387 e. The Balaban J connectivity index is 1.98. The van der Waals surface area contributed by atoms with Crippen LogP contribution in [0.15, 0.2) is 54.6 Å². The predicted octanol–water partition coefficient (Wildman–Crippen LogP) is 4.12. The third-order valence-corrected chi connectivity index (χ3v) is 3.78. The number of benzene rings is 2. The monoisotopic (exact) mass is 283 g/mol. The molecule has 0 fully saturated rings. The fourth-order valence-corrected chi connectivity index (χ4v) is 2.45. The van der Waals surface area contributed by atoms with Gasteiger partial charge in [-0.1, -0.05) is 67.9 Å². The van der Waals surface area contributed by atoms with E-state index in [1.54, 1.807) is 0 Å². The van der Waals surface area contributed by atoms with E-state index in [2.05, 4.69) is 43.1 Å². The van der Waals surface area contributed by atoms with E-state index in [1.807, 2.05) is 30.3 Å². The van der Waals surface area contributed by atoms with E-state index in [4.69, 9.17) is 0 Å². The van der Waals surface area contributed by atoms with E-state index in [-0.39, 0.29) is 0 Å². The number of aliphatic hydroxyl groups is 1. The van der Waals surface area contributed by atoms with Crippen LogP contribution in [0.3, 0.4) is 0 Å². The van der Waals surface area contributed by atoms with E-state index in [9.17, 15) is 5.11 Å². The Labute approximate surface area is 128 Å². The molecule has 0 aliphatic carbocycles. The van der Waals surface area contributed by atoms with Crippen LogP contribution < -0.4 is 0 Å². The van der Waals surface area contributed by atoms with Crippen molar-refractivity contribution >= 4 is 0 Å². The Morgan fingerprint density at radius 1 is 0.952 bits per heavy atom. The largest absolute Gasteiger partial charge is 0.387 e. The molecule has 2 aromatic carbocycles. The summed E-state index contributed by atoms with van der Waals surface area (Å²) in [6.45, 7) is 3.91. The molecule has 0 saturated carbocycles. The van der Waals surface area contributed by atoms with Crippen molar-refractivity contribution in [3.63, 3.8) is 0 Å². The SMILES string of the molecule is CCCCN(C)CC(O)c1ccc(-c2ccccc2)cc1. The summed E-state index contributed by atoms with van der Waals surface area (Å²) in [4.78, 5) is 2.19. The Kier molecular flexibility index (Phi) is 5.97. The number of hydrogen-bond donors (Lipinski definition) is 1. The standard InChI is InChI=1S/C19H25NO/c1-3-4-14-20(2)15-19(21)18-12-10-17(11-13-18)16-8-6-5-7-9-16/h5-13,19,21H,3-4,14-15H2,1-2H3. The zero-order chi connectivity index (χ0) is 15.1. The van der Waals surface area contributed by atoms with Crippen molar-refractivity contribution in [3.05, 3.63) is 60.2 Å². The van der Waals surface area contributed by atoms with Gasteiger partial charge in [-0.2, -0.15) is 0 Å². The van der Waals surface area contributed by atoms with Crippen LogP contribution >= 0.6 is 0 Å². The summed E-state index contributed by atoms with van der Waals surface area (Å²) in [6, 6.07) is 18.5. The number of nitrogens with zero attached hydrogens (tertiary/aromatic N) is 1. The Hall–Kier alpha value is -1.64. The first-order chi connectivity index (χ1) is 10.2. The summed E-state index contributed by atoms with van der Waals surface area (Å²) in [5, 5.41) is 10.3. The molecule has 21 heavy (non-hydrogen) atoms. The highest BCUT2D eigenvalue weighted by Gasteiger charge is 2.10. The van der Waals surface area contributed by atoms with Gasteiger partial charge in [0.25, 0.3) is 0 Å². The Morgan fingerprint density at radius 2 is 1.57 bits per heavy atom. The molecule has 2 rings (SSSR count). The van der Waals surface area contributed by atoms with Gasteiger partial charge in [0.2, 0.25) is 0 Å². The minimum atomic E-state index is -0.420. The van der Waals surface area contributed by atoms with Gasteiger partial charge in [0.15, 0.2) is 0 Å². The van der Waals surface area contributed by atoms with Gasteiger partial charge < -0.3 is 10.0 Å². The first-order valence-corrected chi connectivity index (χ1v) is 7.72. The predicted molar refractivity (Wildman–Crippen MR) is 89.2 cm³/mol. The van der Waals surface area contributed by atoms with Gasteiger partial charge in [-0.3, -0.25) is 0 Å². The van der Waals surface area contributed by atoms with E-state index in [0.717, 1.165) is 12.1 Å². The van der Waals surface area contributed by atoms with Crippen molar-refractivity contribution in [1.82, 2.24) is 4.90 Å². The van der Waals surface area contributed by atoms with Gasteiger partial charge in [-0.05, 0) is 36.7 Å². The molecule has 0 bridgehead atoms. The summed E-state index contributed by atoms with van der Waals surface area (Å²) in [5.41, 5.74) is 3.38. The fraction of sp³-hybridized carbons (Fsp3) is 0.368. The third kappa shape index (κ3) is 4.69. The summed E-state index contributed by atoms with van der Waals surface area (Å²) in [7, 11) is 2.07. The molecule has 0 aliphatic heterocycles. The number of likely N-dealkylation sites (N-methyl/N-ethyl adjacent to an activating group) is 1. The van der Waals surface area contributed by atoms with Crippen LogP contribution in [-0.2, 0) is 0 Å². The fourth-order valence-electron chi connectivity index (χ4n) is 2.45. The van der Waals surface area contributed by atoms with Crippen molar-refractivity contribution < 1.29 is 5.11 Å². The lowest BCUT2D eigenvalue weighted by Crippen LogP contribution is -2.25. The maximum absolute atomic E-state index is 10.3. The number of aliphatic hydroxyl groups excluding tert-OH is 1. The van der Waals surface area contributed by atoms with Crippen LogP contribution in [-0.4, -0.2) is 30.1 Å². The molecule has 112 valence electrons. The summed E-state index contributed by atoms with van der Waals surface area (Å²) < 4.78 is 0. The quantitative estimate of drug-likeness (QED) is 0.826. The lowest BCUT2D eigenvalue weighted by molar-refractivity contribution is 0.126. The molecule has 2 heteroatoms. The number of hydrogen-bond acceptors (Lipinski definition) is 2. The second kappa shape index (κ2) is 7.96. The van der Waals surface area contributed by atoms with Gasteiger partial charge >= 0.3 is 0 Å². The first kappa shape index (κ1) is 15.7. The van der Waals surface area contributed by atoms with Gasteiger partial charge in [0, 0.05) is 6.54 Å². The molecule has 0 amide bonds. The van der Waals surface area contributed by atoms with E-state index >= 15 is 0 Å². The molecular formula is C19H25NO. The molecule has 0 aromatic heterocycles. The summed E-state index contributed by atoms with van der Waals surface area (Å²) in [6.07, 6.45) is 1.94. The van der Waals surface area contributed by atoms with Crippen LogP contribution in [0.5, 0.6) is 0 Å². The van der Waals surface area contributed by atoms with Crippen LogP contribution in [0.1, 0.15) is 31.4 Å². The highest BCUT2D eigenvalue weighted by atomic mass is 16.3. The van der Waals surface area contributed by atoms with Gasteiger partial charge in [-0.15, -0.1) is 0 Å². The van der Waals surface area contributed by atoms with Crippen molar-refractivity contribution in [2.24, 2.45) is 0 Å². The summed E-state index contributed by atoms with van der Waals surface area (Å²) in [5.74, 6) is 0. The zero-order valence-electron chi connectivity index (χ0n) is 13.0. The highest BCUT2D eigenvalue weighted by Crippen LogP contribution is 2.22. The first-order valence-electron chi connectivity index (χ1n) is 7.72. The van der Waals surface area contributed by atoms with Crippen molar-refractivity contribution in [1.29, 1.82) is 0 Å². The molecule has 0 spiro atoms. The van der Waals surface area contributed by atoms with Crippen LogP contribution in [0, 0.1) is 0 Å². The smallest absolute Gasteiger partial charge is 0.0916 e. The second-order valence-corrected chi connectivity index (χ2v) is 5.62. The van der Waals surface area contributed by atoms with Crippen molar-refractivity contribution in [2.45, 2.75) is 25.9 Å². The van der Waals surface area contributed by atoms with Gasteiger partial charge in [0.05, 0.1) is 6.10 Å². The minimum absolute atomic E-state index is 0.420. The molecular weight excluding hydrogens is 258 g/mol. The van der Waals surface area contributed by atoms with Crippen molar-refractivity contribution in [2.75, 3.05) is 20.1 Å². The molecule has 0 aliphatic rings. The highest BCUT2D eigenvalue weighted by molar-refractivity contribution is 5.63. The molecule has 0 heterocycles. The molecule has 0 radical (unpaired) electrons. The maximum Gasteiger partial charge on any atom is 0.0916 e. The lowest BCUT2D eigenvalue weighted by Gasteiger charge is -2.20.